The zero-order chi connectivity index (χ0) is 20.2. The first-order valence-corrected chi connectivity index (χ1v) is 11.1. The monoisotopic (exact) mass is 395 g/mol. The van der Waals surface area contributed by atoms with E-state index < -0.39 is 0 Å². The summed E-state index contributed by atoms with van der Waals surface area (Å²) in [6.45, 7) is 2.72. The molecule has 6 heteroatoms. The minimum Gasteiger partial charge on any atom is -0.337 e. The summed E-state index contributed by atoms with van der Waals surface area (Å²) in [4.78, 5) is 22.2. The summed E-state index contributed by atoms with van der Waals surface area (Å²) in [5.74, 6) is 0.139. The van der Waals surface area contributed by atoms with Gasteiger partial charge in [-0.05, 0) is 51.3 Å². The molecule has 0 saturated carbocycles. The number of fused-ring (bicyclic) bond motifs is 1. The number of carbonyl (C=O) groups is 1. The second-order valence-electron chi connectivity index (χ2n) is 8.55. The van der Waals surface area contributed by atoms with Crippen LogP contribution in [0.5, 0.6) is 0 Å². The molecule has 3 heterocycles. The van der Waals surface area contributed by atoms with Crippen molar-refractivity contribution in [1.82, 2.24) is 24.6 Å². The van der Waals surface area contributed by atoms with Gasteiger partial charge in [0.25, 0.3) is 5.91 Å². The van der Waals surface area contributed by atoms with Crippen LogP contribution in [0.2, 0.25) is 0 Å². The van der Waals surface area contributed by atoms with Crippen molar-refractivity contribution in [3.63, 3.8) is 0 Å². The molecule has 1 unspecified atom stereocenters. The van der Waals surface area contributed by atoms with Gasteiger partial charge in [-0.3, -0.25) is 14.5 Å². The van der Waals surface area contributed by atoms with Crippen molar-refractivity contribution in [3.05, 3.63) is 47.0 Å². The van der Waals surface area contributed by atoms with Crippen LogP contribution >= 0.6 is 0 Å². The molecule has 1 aliphatic carbocycles. The average molecular weight is 396 g/mol. The zero-order valence-corrected chi connectivity index (χ0v) is 17.8. The number of nitrogens with zero attached hydrogens (tertiary/aromatic N) is 5. The fourth-order valence-electron chi connectivity index (χ4n) is 4.76. The van der Waals surface area contributed by atoms with E-state index >= 15 is 0 Å². The van der Waals surface area contributed by atoms with Crippen molar-refractivity contribution in [1.29, 1.82) is 0 Å². The van der Waals surface area contributed by atoms with Gasteiger partial charge >= 0.3 is 0 Å². The fraction of sp³-hybridized carbons (Fsp3) is 0.609. The first-order chi connectivity index (χ1) is 14.1. The summed E-state index contributed by atoms with van der Waals surface area (Å²) >= 11 is 0. The van der Waals surface area contributed by atoms with E-state index in [0.29, 0.717) is 11.7 Å². The molecule has 0 N–H and O–H groups in total. The Morgan fingerprint density at radius 2 is 2.00 bits per heavy atom. The maximum atomic E-state index is 13.3. The van der Waals surface area contributed by atoms with Gasteiger partial charge in [0.05, 0.1) is 0 Å². The third kappa shape index (κ3) is 4.53. The molecular formula is C23H33N5O. The van der Waals surface area contributed by atoms with E-state index in [2.05, 4.69) is 28.1 Å². The van der Waals surface area contributed by atoms with E-state index in [1.165, 1.54) is 24.1 Å². The molecule has 0 bridgehead atoms. The predicted molar refractivity (Wildman–Crippen MR) is 114 cm³/mol. The zero-order valence-electron chi connectivity index (χ0n) is 17.8. The van der Waals surface area contributed by atoms with Crippen molar-refractivity contribution >= 4 is 5.91 Å². The van der Waals surface area contributed by atoms with Crippen LogP contribution in [0.1, 0.15) is 59.5 Å². The molecule has 1 amide bonds. The van der Waals surface area contributed by atoms with E-state index in [1.54, 1.807) is 0 Å². The van der Waals surface area contributed by atoms with E-state index in [1.807, 2.05) is 35.0 Å². The van der Waals surface area contributed by atoms with Gasteiger partial charge in [-0.25, -0.2) is 0 Å². The Kier molecular flexibility index (Phi) is 6.28. The Labute approximate surface area is 173 Å². The Balaban J connectivity index is 1.45. The number of rotatable bonds is 5. The number of hydrogen-bond donors (Lipinski definition) is 0. The summed E-state index contributed by atoms with van der Waals surface area (Å²) in [5.41, 5.74) is 4.27. The summed E-state index contributed by atoms with van der Waals surface area (Å²) in [6.07, 6.45) is 10.5. The van der Waals surface area contributed by atoms with Crippen LogP contribution in [-0.2, 0) is 26.3 Å². The highest BCUT2D eigenvalue weighted by molar-refractivity contribution is 5.94. The maximum Gasteiger partial charge on any atom is 0.274 e. The van der Waals surface area contributed by atoms with Crippen LogP contribution in [0.4, 0.5) is 0 Å². The van der Waals surface area contributed by atoms with Crippen molar-refractivity contribution in [3.8, 4) is 0 Å². The topological polar surface area (TPSA) is 54.3 Å². The van der Waals surface area contributed by atoms with Crippen molar-refractivity contribution in [2.24, 2.45) is 7.05 Å². The fourth-order valence-corrected chi connectivity index (χ4v) is 4.76. The lowest BCUT2D eigenvalue weighted by molar-refractivity contribution is 0.0753. The molecule has 6 nitrogen and oxygen atoms in total. The van der Waals surface area contributed by atoms with Crippen molar-refractivity contribution < 1.29 is 4.79 Å². The summed E-state index contributed by atoms with van der Waals surface area (Å²) in [6, 6.07) is 6.55. The second kappa shape index (κ2) is 9.08. The van der Waals surface area contributed by atoms with Gasteiger partial charge in [0.15, 0.2) is 5.69 Å². The molecule has 1 saturated heterocycles. The molecule has 0 aromatic carbocycles. The van der Waals surface area contributed by atoms with Crippen LogP contribution in [0.15, 0.2) is 24.4 Å². The van der Waals surface area contributed by atoms with Crippen LogP contribution in [-0.4, -0.2) is 63.2 Å². The van der Waals surface area contributed by atoms with Crippen LogP contribution < -0.4 is 0 Å². The van der Waals surface area contributed by atoms with Crippen LogP contribution in [0, 0.1) is 0 Å². The van der Waals surface area contributed by atoms with Gasteiger partial charge in [-0.2, -0.15) is 5.10 Å². The van der Waals surface area contributed by atoms with Crippen molar-refractivity contribution in [2.45, 2.75) is 57.4 Å². The number of pyridine rings is 1. The largest absolute Gasteiger partial charge is 0.337 e. The van der Waals surface area contributed by atoms with E-state index in [0.717, 1.165) is 63.9 Å². The molecular weight excluding hydrogens is 362 g/mol. The third-order valence-electron chi connectivity index (χ3n) is 6.59. The average Bonchev–Trinajstić information content (AvgIpc) is 2.92. The van der Waals surface area contributed by atoms with Gasteiger partial charge < -0.3 is 9.80 Å². The molecule has 4 rings (SSSR count). The quantitative estimate of drug-likeness (QED) is 0.781. The number of likely N-dealkylation sites (tertiary alicyclic amines) is 1. The Morgan fingerprint density at radius 3 is 2.72 bits per heavy atom. The SMILES string of the molecule is CN(CCc1ccccn1)C1CCc2c(c(C(=O)N3CCCCCC3)nn2C)C1. The Bertz CT molecular complexity index is 823. The number of likely N-dealkylation sites (N-methyl/N-ethyl adjacent to an activating group) is 1. The molecule has 156 valence electrons. The number of amides is 1. The van der Waals surface area contributed by atoms with E-state index in [9.17, 15) is 4.79 Å². The van der Waals surface area contributed by atoms with E-state index in [-0.39, 0.29) is 5.91 Å². The van der Waals surface area contributed by atoms with Gasteiger partial charge in [-0.15, -0.1) is 0 Å². The van der Waals surface area contributed by atoms with E-state index in [4.69, 9.17) is 0 Å². The minimum atomic E-state index is 0.139. The van der Waals surface area contributed by atoms with Crippen LogP contribution in [0.25, 0.3) is 0 Å². The van der Waals surface area contributed by atoms with Gasteiger partial charge in [0.1, 0.15) is 0 Å². The molecule has 2 aromatic rings. The molecule has 29 heavy (non-hydrogen) atoms. The first kappa shape index (κ1) is 20.1. The standard InChI is InChI=1S/C23H33N5O/c1-26(16-12-18-9-5-6-13-24-18)19-10-11-21-20(17-19)22(25-27(21)2)23(29)28-14-7-3-4-8-15-28/h5-6,9,13,19H,3-4,7-8,10-12,14-17H2,1-2H3. The lowest BCUT2D eigenvalue weighted by Crippen LogP contribution is -2.39. The first-order valence-electron chi connectivity index (χ1n) is 11.1. The lowest BCUT2D eigenvalue weighted by atomic mass is 9.90. The number of hydrogen-bond acceptors (Lipinski definition) is 4. The number of aryl methyl sites for hydroxylation is 1. The van der Waals surface area contributed by atoms with Crippen molar-refractivity contribution in [2.75, 3.05) is 26.7 Å². The molecule has 1 fully saturated rings. The Morgan fingerprint density at radius 1 is 1.21 bits per heavy atom. The second-order valence-corrected chi connectivity index (χ2v) is 8.55. The molecule has 2 aromatic heterocycles. The summed E-state index contributed by atoms with van der Waals surface area (Å²) in [7, 11) is 4.19. The van der Waals surface area contributed by atoms with Gasteiger partial charge in [0.2, 0.25) is 0 Å². The van der Waals surface area contributed by atoms with Gasteiger partial charge in [0, 0.05) is 62.3 Å². The lowest BCUT2D eigenvalue weighted by Gasteiger charge is -2.31. The number of carbonyl (C=O) groups excluding carboxylic acids is 1. The third-order valence-corrected chi connectivity index (χ3v) is 6.59. The van der Waals surface area contributed by atoms with Gasteiger partial charge in [-0.1, -0.05) is 18.9 Å². The molecule has 2 aliphatic rings. The van der Waals surface area contributed by atoms with Crippen LogP contribution in [0.3, 0.4) is 0 Å². The normalized spacial score (nSPS) is 19.8. The molecule has 0 spiro atoms. The minimum absolute atomic E-state index is 0.139. The summed E-state index contributed by atoms with van der Waals surface area (Å²) in [5, 5.41) is 4.68. The molecule has 1 atom stereocenters. The highest BCUT2D eigenvalue weighted by Gasteiger charge is 2.31. The smallest absolute Gasteiger partial charge is 0.274 e. The number of aromatic nitrogens is 3. The summed E-state index contributed by atoms with van der Waals surface area (Å²) < 4.78 is 1.95. The molecule has 1 aliphatic heterocycles. The molecule has 0 radical (unpaired) electrons. The predicted octanol–water partition coefficient (Wildman–Crippen LogP) is 2.86. The Hall–Kier alpha value is -2.21. The highest BCUT2D eigenvalue weighted by Crippen LogP contribution is 2.28. The maximum absolute atomic E-state index is 13.3. The highest BCUT2D eigenvalue weighted by atomic mass is 16.2.